The molecule has 0 amide bonds. The van der Waals surface area contributed by atoms with Gasteiger partial charge in [0, 0.05) is 0 Å². The van der Waals surface area contributed by atoms with Gasteiger partial charge in [-0.1, -0.05) is 41.6 Å². The van der Waals surface area contributed by atoms with Crippen LogP contribution in [0.25, 0.3) is 16.8 Å². The summed E-state index contributed by atoms with van der Waals surface area (Å²) in [4.78, 5) is 0. The fourth-order valence-electron chi connectivity index (χ4n) is 2.19. The highest BCUT2D eigenvalue weighted by Crippen LogP contribution is 2.23. The molecule has 3 aromatic rings. The van der Waals surface area contributed by atoms with Crippen molar-refractivity contribution in [2.75, 3.05) is 0 Å². The zero-order valence-electron chi connectivity index (χ0n) is 11.2. The minimum absolute atomic E-state index is 0.0959. The van der Waals surface area contributed by atoms with E-state index in [-0.39, 0.29) is 6.61 Å². The van der Waals surface area contributed by atoms with E-state index >= 15 is 0 Å². The van der Waals surface area contributed by atoms with Crippen LogP contribution >= 0.6 is 0 Å². The number of aromatic nitrogens is 3. The van der Waals surface area contributed by atoms with Crippen molar-refractivity contribution in [1.82, 2.24) is 15.0 Å². The van der Waals surface area contributed by atoms with E-state index in [4.69, 9.17) is 5.11 Å². The molecule has 1 heterocycles. The van der Waals surface area contributed by atoms with Crippen LogP contribution in [0.5, 0.6) is 0 Å². The summed E-state index contributed by atoms with van der Waals surface area (Å²) < 4.78 is 1.66. The summed E-state index contributed by atoms with van der Waals surface area (Å²) in [5.74, 6) is 0. The Kier molecular flexibility index (Phi) is 3.31. The van der Waals surface area contributed by atoms with Crippen LogP contribution < -0.4 is 0 Å². The van der Waals surface area contributed by atoms with Gasteiger partial charge in [0.15, 0.2) is 0 Å². The molecular weight excluding hydrogens is 250 g/mol. The Hall–Kier alpha value is -2.46. The first-order chi connectivity index (χ1) is 9.78. The Morgan fingerprint density at radius 2 is 1.80 bits per heavy atom. The minimum Gasteiger partial charge on any atom is -0.390 e. The highest BCUT2D eigenvalue weighted by molar-refractivity contribution is 5.67. The molecule has 4 nitrogen and oxygen atoms in total. The van der Waals surface area contributed by atoms with Crippen LogP contribution in [0.15, 0.2) is 54.7 Å². The summed E-state index contributed by atoms with van der Waals surface area (Å²) in [5, 5.41) is 16.9. The normalized spacial score (nSPS) is 10.7. The van der Waals surface area contributed by atoms with Gasteiger partial charge in [0.25, 0.3) is 0 Å². The minimum atomic E-state index is -0.0959. The second-order valence-corrected chi connectivity index (χ2v) is 4.67. The van der Waals surface area contributed by atoms with Gasteiger partial charge in [-0.2, -0.15) is 0 Å². The van der Waals surface area contributed by atoms with Crippen LogP contribution in [-0.2, 0) is 6.61 Å². The third kappa shape index (κ3) is 2.33. The Bertz CT molecular complexity index is 717. The maximum Gasteiger partial charge on any atom is 0.109 e. The molecule has 0 radical (unpaired) electrons. The maximum absolute atomic E-state index is 9.01. The number of hydrogen-bond donors (Lipinski definition) is 1. The van der Waals surface area contributed by atoms with Crippen LogP contribution in [0.3, 0.4) is 0 Å². The van der Waals surface area contributed by atoms with E-state index in [0.717, 1.165) is 5.69 Å². The molecule has 0 atom stereocenters. The van der Waals surface area contributed by atoms with Crippen molar-refractivity contribution in [3.05, 3.63) is 66.0 Å². The summed E-state index contributed by atoms with van der Waals surface area (Å²) >= 11 is 0. The summed E-state index contributed by atoms with van der Waals surface area (Å²) in [6.07, 6.45) is 1.72. The monoisotopic (exact) mass is 265 g/mol. The van der Waals surface area contributed by atoms with Crippen molar-refractivity contribution in [2.45, 2.75) is 13.5 Å². The van der Waals surface area contributed by atoms with Crippen molar-refractivity contribution < 1.29 is 5.11 Å². The molecule has 0 bridgehead atoms. The fraction of sp³-hybridized carbons (Fsp3) is 0.125. The molecule has 0 unspecified atom stereocenters. The van der Waals surface area contributed by atoms with Crippen LogP contribution in [0.2, 0.25) is 0 Å². The van der Waals surface area contributed by atoms with Gasteiger partial charge in [-0.3, -0.25) is 0 Å². The molecule has 100 valence electrons. The average Bonchev–Trinajstić information content (AvgIpc) is 2.97. The molecular formula is C16H15N3O. The molecule has 0 saturated heterocycles. The second kappa shape index (κ2) is 5.27. The summed E-state index contributed by atoms with van der Waals surface area (Å²) in [6.45, 7) is 2.01. The number of aryl methyl sites for hydroxylation is 1. The molecule has 0 fully saturated rings. The predicted octanol–water partition coefficient (Wildman–Crippen LogP) is 2.74. The molecule has 0 spiro atoms. The van der Waals surface area contributed by atoms with Crippen LogP contribution in [0.1, 0.15) is 11.3 Å². The average molecular weight is 265 g/mol. The first kappa shape index (κ1) is 12.6. The first-order valence-electron chi connectivity index (χ1n) is 6.46. The number of aliphatic hydroxyl groups excluding tert-OH is 1. The quantitative estimate of drug-likeness (QED) is 0.792. The SMILES string of the molecule is Cc1ccccc1-c1ccc(-n2cc(CO)nn2)cc1. The molecule has 0 aliphatic rings. The van der Waals surface area contributed by atoms with E-state index in [1.165, 1.54) is 16.7 Å². The number of rotatable bonds is 3. The van der Waals surface area contributed by atoms with E-state index < -0.39 is 0 Å². The van der Waals surface area contributed by atoms with E-state index in [1.807, 2.05) is 24.3 Å². The summed E-state index contributed by atoms with van der Waals surface area (Å²) in [6, 6.07) is 16.4. The molecule has 2 aromatic carbocycles. The number of aliphatic hydroxyl groups is 1. The van der Waals surface area contributed by atoms with Crippen molar-refractivity contribution in [3.8, 4) is 16.8 Å². The van der Waals surface area contributed by atoms with Crippen LogP contribution in [0.4, 0.5) is 0 Å². The Morgan fingerprint density at radius 1 is 1.05 bits per heavy atom. The Balaban J connectivity index is 1.93. The lowest BCUT2D eigenvalue weighted by molar-refractivity contribution is 0.276. The van der Waals surface area contributed by atoms with Gasteiger partial charge >= 0.3 is 0 Å². The topological polar surface area (TPSA) is 50.9 Å². The third-order valence-electron chi connectivity index (χ3n) is 3.29. The second-order valence-electron chi connectivity index (χ2n) is 4.67. The van der Waals surface area contributed by atoms with Gasteiger partial charge in [0.2, 0.25) is 0 Å². The number of benzene rings is 2. The molecule has 1 N–H and O–H groups in total. The number of hydrogen-bond acceptors (Lipinski definition) is 3. The van der Waals surface area contributed by atoms with Crippen LogP contribution in [-0.4, -0.2) is 20.1 Å². The number of nitrogens with zero attached hydrogens (tertiary/aromatic N) is 3. The van der Waals surface area contributed by atoms with E-state index in [9.17, 15) is 0 Å². The zero-order chi connectivity index (χ0) is 13.9. The highest BCUT2D eigenvalue weighted by atomic mass is 16.3. The lowest BCUT2D eigenvalue weighted by Gasteiger charge is -2.07. The molecule has 4 heteroatoms. The first-order valence-corrected chi connectivity index (χ1v) is 6.46. The zero-order valence-corrected chi connectivity index (χ0v) is 11.2. The molecule has 0 saturated carbocycles. The van der Waals surface area contributed by atoms with Gasteiger partial charge in [-0.05, 0) is 35.7 Å². The van der Waals surface area contributed by atoms with Crippen LogP contribution in [0, 0.1) is 6.92 Å². The van der Waals surface area contributed by atoms with E-state index in [2.05, 4.69) is 41.5 Å². The van der Waals surface area contributed by atoms with Gasteiger partial charge in [-0.25, -0.2) is 4.68 Å². The molecule has 1 aromatic heterocycles. The van der Waals surface area contributed by atoms with E-state index in [1.54, 1.807) is 10.9 Å². The van der Waals surface area contributed by atoms with Crippen molar-refractivity contribution >= 4 is 0 Å². The standard InChI is InChI=1S/C16H15N3O/c1-12-4-2-3-5-16(12)13-6-8-15(9-7-13)19-10-14(11-20)17-18-19/h2-10,20H,11H2,1H3. The van der Waals surface area contributed by atoms with Gasteiger partial charge in [-0.15, -0.1) is 5.10 Å². The Morgan fingerprint density at radius 3 is 2.45 bits per heavy atom. The van der Waals surface area contributed by atoms with Gasteiger partial charge in [0.1, 0.15) is 5.69 Å². The summed E-state index contributed by atoms with van der Waals surface area (Å²) in [5.41, 5.74) is 5.15. The fourth-order valence-corrected chi connectivity index (χ4v) is 2.19. The van der Waals surface area contributed by atoms with Crippen molar-refractivity contribution in [2.24, 2.45) is 0 Å². The van der Waals surface area contributed by atoms with Crippen molar-refractivity contribution in [1.29, 1.82) is 0 Å². The molecule has 0 aliphatic heterocycles. The molecule has 0 aliphatic carbocycles. The molecule has 20 heavy (non-hydrogen) atoms. The van der Waals surface area contributed by atoms with Crippen molar-refractivity contribution in [3.63, 3.8) is 0 Å². The molecule has 3 rings (SSSR count). The summed E-state index contributed by atoms with van der Waals surface area (Å²) in [7, 11) is 0. The van der Waals surface area contributed by atoms with E-state index in [0.29, 0.717) is 5.69 Å². The maximum atomic E-state index is 9.01. The van der Waals surface area contributed by atoms with Gasteiger partial charge in [0.05, 0.1) is 18.5 Å². The lowest BCUT2D eigenvalue weighted by atomic mass is 10.0. The smallest absolute Gasteiger partial charge is 0.109 e. The third-order valence-corrected chi connectivity index (χ3v) is 3.29. The van der Waals surface area contributed by atoms with Gasteiger partial charge < -0.3 is 5.11 Å². The Labute approximate surface area is 117 Å². The largest absolute Gasteiger partial charge is 0.390 e. The predicted molar refractivity (Wildman–Crippen MR) is 77.5 cm³/mol. The lowest BCUT2D eigenvalue weighted by Crippen LogP contribution is -1.94. The highest BCUT2D eigenvalue weighted by Gasteiger charge is 2.04.